The van der Waals surface area contributed by atoms with Crippen molar-refractivity contribution in [1.82, 2.24) is 14.5 Å². The maximum absolute atomic E-state index is 11.3. The number of rotatable bonds is 5. The third kappa shape index (κ3) is 6.01. The van der Waals surface area contributed by atoms with Crippen LogP contribution >= 0.6 is 0 Å². The average Bonchev–Trinajstić information content (AvgIpc) is 3.53. The number of hydrogen-bond acceptors (Lipinski definition) is 4. The monoisotopic (exact) mass is 799 g/mol. The van der Waals surface area contributed by atoms with Gasteiger partial charge in [-0.05, 0) is 59.0 Å². The molecule has 232 valence electrons. The Labute approximate surface area is 301 Å². The fraction of sp³-hybridized carbons (Fsp3) is 0.0976. The standard InChI is InChI=1S/C41H31N4O.Pt/c1-41(2,3)32-23-30(22-31(24-32)38-29(26-42)14-11-21-43-38)34-17-10-18-36-39(34)44-40(45(36)33-15-8-5-9-16-33)35-25-28(19-20-37(35)46)27-12-6-4-7-13-27;/h4-21,23-25,46H,1-3H3;/q-1;/i1D3,2D3,3D3;. The van der Waals surface area contributed by atoms with Gasteiger partial charge in [-0.25, -0.2) is 4.98 Å². The maximum Gasteiger partial charge on any atom is 0.148 e. The van der Waals surface area contributed by atoms with Crippen molar-refractivity contribution in [1.29, 1.82) is 5.26 Å². The third-order valence-corrected chi connectivity index (χ3v) is 7.82. The predicted molar refractivity (Wildman–Crippen MR) is 185 cm³/mol. The minimum Gasteiger partial charge on any atom is -0.507 e. The normalized spacial score (nSPS) is 14.8. The third-order valence-electron chi connectivity index (χ3n) is 7.82. The number of pyridine rings is 1. The number of imidazole rings is 1. The van der Waals surface area contributed by atoms with Crippen molar-refractivity contribution < 1.29 is 38.5 Å². The second-order valence-electron chi connectivity index (χ2n) is 10.8. The Hall–Kier alpha value is -5.30. The SMILES string of the molecule is [2H]C([2H])([2H])C(c1cc(-c2ncccc2C#N)[c-]c(-c2cccc3c2nc(-c2cc(-c4ccccc4)ccc2O)n3-c2ccccc2)c1)(C([2H])([2H])[2H])C([2H])([2H])[2H].[Pt]. The van der Waals surface area contributed by atoms with Crippen LogP contribution in [0.4, 0.5) is 0 Å². The molecule has 0 fully saturated rings. The molecular weight excluding hydrogens is 760 g/mol. The van der Waals surface area contributed by atoms with Crippen LogP contribution in [-0.4, -0.2) is 19.6 Å². The summed E-state index contributed by atoms with van der Waals surface area (Å²) in [6.07, 6.45) is 1.41. The topological polar surface area (TPSA) is 74.7 Å². The number of hydrogen-bond donors (Lipinski definition) is 1. The van der Waals surface area contributed by atoms with Crippen LogP contribution in [0.2, 0.25) is 0 Å². The number of phenols is 1. The molecule has 0 atom stereocenters. The number of fused-ring (bicyclic) bond motifs is 1. The molecule has 5 aromatic carbocycles. The molecule has 0 spiro atoms. The predicted octanol–water partition coefficient (Wildman–Crippen LogP) is 9.76. The molecule has 0 saturated carbocycles. The molecule has 6 heteroatoms. The first-order valence-electron chi connectivity index (χ1n) is 19.0. The molecule has 0 aliphatic rings. The molecule has 1 N–H and O–H groups in total. The molecule has 0 radical (unpaired) electrons. The van der Waals surface area contributed by atoms with Gasteiger partial charge < -0.3 is 5.11 Å². The molecule has 0 aliphatic heterocycles. The first-order valence-corrected chi connectivity index (χ1v) is 14.5. The molecule has 0 bridgehead atoms. The van der Waals surface area contributed by atoms with Crippen LogP contribution in [-0.2, 0) is 26.5 Å². The molecule has 0 saturated heterocycles. The van der Waals surface area contributed by atoms with Crippen LogP contribution in [0.1, 0.15) is 44.0 Å². The molecular formula is C41H31N4OPt-. The van der Waals surface area contributed by atoms with E-state index in [1.807, 2.05) is 83.4 Å². The maximum atomic E-state index is 11.3. The van der Waals surface area contributed by atoms with Crippen LogP contribution < -0.4 is 0 Å². The molecule has 2 heterocycles. The number of nitriles is 1. The second kappa shape index (κ2) is 12.8. The van der Waals surface area contributed by atoms with Crippen molar-refractivity contribution in [2.45, 2.75) is 26.0 Å². The van der Waals surface area contributed by atoms with E-state index >= 15 is 0 Å². The van der Waals surface area contributed by atoms with Crippen LogP contribution in [0.25, 0.3) is 61.6 Å². The van der Waals surface area contributed by atoms with Gasteiger partial charge in [-0.3, -0.25) is 9.55 Å². The molecule has 5 nitrogen and oxygen atoms in total. The number of aromatic hydroxyl groups is 1. The summed E-state index contributed by atoms with van der Waals surface area (Å²) in [4.78, 5) is 9.43. The minimum absolute atomic E-state index is 0. The van der Waals surface area contributed by atoms with Crippen molar-refractivity contribution in [2.24, 2.45) is 0 Å². The van der Waals surface area contributed by atoms with Gasteiger partial charge in [-0.1, -0.05) is 98.4 Å². The van der Waals surface area contributed by atoms with Crippen molar-refractivity contribution >= 4 is 11.0 Å². The molecule has 7 aromatic rings. The first kappa shape index (κ1) is 22.3. The van der Waals surface area contributed by atoms with Gasteiger partial charge in [0.15, 0.2) is 0 Å². The Bertz CT molecular complexity index is 2560. The van der Waals surface area contributed by atoms with Crippen LogP contribution in [0, 0.1) is 17.4 Å². The van der Waals surface area contributed by atoms with Crippen molar-refractivity contribution in [2.75, 3.05) is 0 Å². The summed E-state index contributed by atoms with van der Waals surface area (Å²) < 4.78 is 78.0. The Morgan fingerprint density at radius 2 is 1.53 bits per heavy atom. The number of benzene rings is 5. The molecule has 0 unspecified atom stereocenters. The van der Waals surface area contributed by atoms with E-state index in [-0.39, 0.29) is 49.2 Å². The summed E-state index contributed by atoms with van der Waals surface area (Å²) in [6, 6.07) is 40.0. The van der Waals surface area contributed by atoms with E-state index in [1.165, 1.54) is 24.4 Å². The fourth-order valence-electron chi connectivity index (χ4n) is 5.63. The second-order valence-corrected chi connectivity index (χ2v) is 10.8. The van der Waals surface area contributed by atoms with Gasteiger partial charge in [-0.2, -0.15) is 5.26 Å². The molecule has 0 amide bonds. The number of aromatic nitrogens is 3. The zero-order valence-electron chi connectivity index (χ0n) is 33.7. The minimum atomic E-state index is -3.56. The van der Waals surface area contributed by atoms with Crippen LogP contribution in [0.5, 0.6) is 5.75 Å². The van der Waals surface area contributed by atoms with E-state index in [1.54, 1.807) is 24.3 Å². The number of phenolic OH excluding ortho intramolecular Hbond substituents is 1. The first-order chi connectivity index (χ1) is 26.1. The van der Waals surface area contributed by atoms with Gasteiger partial charge in [0.2, 0.25) is 0 Å². The summed E-state index contributed by atoms with van der Waals surface area (Å²) in [5.74, 6) is 0.320. The van der Waals surface area contributed by atoms with Gasteiger partial charge >= 0.3 is 0 Å². The van der Waals surface area contributed by atoms with Crippen LogP contribution in [0.15, 0.2) is 128 Å². The summed E-state index contributed by atoms with van der Waals surface area (Å²) in [5.41, 5.74) is 0.479. The van der Waals surface area contributed by atoms with E-state index < -0.39 is 31.5 Å². The van der Waals surface area contributed by atoms with Gasteiger partial charge in [0, 0.05) is 56.5 Å². The van der Waals surface area contributed by atoms with E-state index in [4.69, 9.17) is 17.3 Å². The van der Waals surface area contributed by atoms with Gasteiger partial charge in [0.1, 0.15) is 11.6 Å². The molecule has 2 aromatic heterocycles. The Kier molecular flexibility index (Phi) is 6.08. The van der Waals surface area contributed by atoms with Gasteiger partial charge in [0.05, 0.1) is 22.7 Å². The summed E-state index contributed by atoms with van der Waals surface area (Å²) >= 11 is 0. The van der Waals surface area contributed by atoms with E-state index in [0.29, 0.717) is 33.7 Å². The summed E-state index contributed by atoms with van der Waals surface area (Å²) in [6.45, 7) is -10.7. The van der Waals surface area contributed by atoms with Gasteiger partial charge in [0.25, 0.3) is 0 Å². The van der Waals surface area contributed by atoms with Crippen molar-refractivity contribution in [3.63, 3.8) is 0 Å². The number of nitrogens with zero attached hydrogens (tertiary/aromatic N) is 4. The zero-order valence-corrected chi connectivity index (χ0v) is 26.9. The molecule has 47 heavy (non-hydrogen) atoms. The Balaban J connectivity index is 0.00000532. The summed E-state index contributed by atoms with van der Waals surface area (Å²) in [7, 11) is 0. The van der Waals surface area contributed by atoms with E-state index in [9.17, 15) is 10.4 Å². The van der Waals surface area contributed by atoms with Crippen molar-refractivity contribution in [3.8, 4) is 62.4 Å². The number of para-hydroxylation sites is 2. The average molecular weight is 800 g/mol. The molecule has 7 rings (SSSR count). The smallest absolute Gasteiger partial charge is 0.148 e. The van der Waals surface area contributed by atoms with Gasteiger partial charge in [-0.15, -0.1) is 29.3 Å². The van der Waals surface area contributed by atoms with Crippen molar-refractivity contribution in [3.05, 3.63) is 145 Å². The zero-order chi connectivity index (χ0) is 39.3. The fourth-order valence-corrected chi connectivity index (χ4v) is 5.63. The quantitative estimate of drug-likeness (QED) is 0.176. The largest absolute Gasteiger partial charge is 0.507 e. The Morgan fingerprint density at radius 3 is 2.28 bits per heavy atom. The van der Waals surface area contributed by atoms with E-state index in [0.717, 1.165) is 17.2 Å². The van der Waals surface area contributed by atoms with E-state index in [2.05, 4.69) is 11.1 Å². The summed E-state index contributed by atoms with van der Waals surface area (Å²) in [5, 5.41) is 21.3. The Morgan fingerprint density at radius 1 is 0.787 bits per heavy atom. The van der Waals surface area contributed by atoms with Crippen LogP contribution in [0.3, 0.4) is 0 Å². The molecule has 0 aliphatic carbocycles.